The zero-order chi connectivity index (χ0) is 39.7. The molecule has 0 aliphatic rings. The summed E-state index contributed by atoms with van der Waals surface area (Å²) in [5, 5.41) is 11.2. The fourth-order valence-corrected chi connectivity index (χ4v) is 5.24. The lowest BCUT2D eigenvalue weighted by atomic mass is 10.2. The Morgan fingerprint density at radius 2 is 1.11 bits per heavy atom. The maximum absolute atomic E-state index is 11.5. The molecule has 284 valence electrons. The Kier molecular flexibility index (Phi) is 12.6. The van der Waals surface area contributed by atoms with E-state index in [0.29, 0.717) is 63.1 Å². The van der Waals surface area contributed by atoms with Gasteiger partial charge < -0.3 is 27.7 Å². The molecule has 0 aliphatic heterocycles. The summed E-state index contributed by atoms with van der Waals surface area (Å²) >= 11 is 8.63. The van der Waals surface area contributed by atoms with E-state index >= 15 is 0 Å². The molecule has 0 unspecified atom stereocenters. The maximum atomic E-state index is 11.5. The minimum absolute atomic E-state index is 0.318. The van der Waals surface area contributed by atoms with Gasteiger partial charge >= 0.3 is 29.1 Å². The van der Waals surface area contributed by atoms with Crippen molar-refractivity contribution < 1.29 is 27.2 Å². The fourth-order valence-electron chi connectivity index (χ4n) is 4.73. The van der Waals surface area contributed by atoms with Crippen molar-refractivity contribution in [2.24, 2.45) is 0 Å². The van der Waals surface area contributed by atoms with E-state index in [2.05, 4.69) is 46.0 Å². The van der Waals surface area contributed by atoms with E-state index in [1.54, 1.807) is 75.4 Å². The first-order valence-electron chi connectivity index (χ1n) is 16.0. The van der Waals surface area contributed by atoms with Gasteiger partial charge in [0.2, 0.25) is 0 Å². The van der Waals surface area contributed by atoms with Crippen molar-refractivity contribution in [3.63, 3.8) is 0 Å². The second-order valence-corrected chi connectivity index (χ2v) is 13.5. The SMILES string of the molecule is CC(C)(C)OC(=O)NCc1ccc2oc(=O)[nH]c2c1.N#Cc1ccc2oc(=O)[nH]c2c1.O=c1[nH]c2cc(Br)ccc2o1.O=c1[nH]c2cc(CNCl)ccc2o1. The van der Waals surface area contributed by atoms with Crippen molar-refractivity contribution in [2.75, 3.05) is 0 Å². The summed E-state index contributed by atoms with van der Waals surface area (Å²) in [5.74, 6) is -1.85. The number of nitriles is 1. The number of nitrogens with zero attached hydrogens (tertiary/aromatic N) is 1. The average molecular weight is 837 g/mol. The van der Waals surface area contributed by atoms with Gasteiger partial charge in [-0.3, -0.25) is 19.9 Å². The van der Waals surface area contributed by atoms with E-state index in [-0.39, 0.29) is 0 Å². The molecule has 0 saturated carbocycles. The normalized spacial score (nSPS) is 10.8. The molecule has 1 amide bonds. The Morgan fingerprint density at radius 1 is 0.691 bits per heavy atom. The van der Waals surface area contributed by atoms with Crippen LogP contribution in [0.25, 0.3) is 44.4 Å². The number of aromatic nitrogens is 4. The highest BCUT2D eigenvalue weighted by molar-refractivity contribution is 9.10. The molecule has 8 rings (SSSR count). The Balaban J connectivity index is 0.000000144. The second kappa shape index (κ2) is 17.5. The molecule has 8 aromatic rings. The third-order valence-electron chi connectivity index (χ3n) is 7.00. The van der Waals surface area contributed by atoms with Crippen LogP contribution in [0.3, 0.4) is 0 Å². The number of amides is 1. The Morgan fingerprint density at radius 3 is 1.56 bits per heavy atom. The summed E-state index contributed by atoms with van der Waals surface area (Å²) in [5.41, 5.74) is 6.47. The van der Waals surface area contributed by atoms with E-state index in [0.717, 1.165) is 15.6 Å². The maximum Gasteiger partial charge on any atom is 0.417 e. The van der Waals surface area contributed by atoms with E-state index in [4.69, 9.17) is 39.4 Å². The number of hydrogen-bond acceptors (Lipinski definition) is 12. The number of alkyl carbamates (subject to hydrolysis) is 1. The number of fused-ring (bicyclic) bond motifs is 4. The minimum Gasteiger partial charge on any atom is -0.444 e. The predicted octanol–water partition coefficient (Wildman–Crippen LogP) is 6.39. The minimum atomic E-state index is -0.524. The van der Waals surface area contributed by atoms with Crippen molar-refractivity contribution in [1.82, 2.24) is 30.1 Å². The van der Waals surface area contributed by atoms with Gasteiger partial charge in [0.25, 0.3) is 0 Å². The van der Waals surface area contributed by atoms with Gasteiger partial charge in [0.15, 0.2) is 22.3 Å². The van der Waals surface area contributed by atoms with Crippen LogP contribution < -0.4 is 33.2 Å². The molecule has 0 spiro atoms. The van der Waals surface area contributed by atoms with Gasteiger partial charge in [0, 0.05) is 17.6 Å². The lowest BCUT2D eigenvalue weighted by molar-refractivity contribution is 0.0523. The third kappa shape index (κ3) is 11.5. The van der Waals surface area contributed by atoms with Gasteiger partial charge in [-0.1, -0.05) is 28.1 Å². The quantitative estimate of drug-likeness (QED) is 0.106. The van der Waals surface area contributed by atoms with Crippen LogP contribution in [0.1, 0.15) is 37.5 Å². The molecule has 4 aromatic heterocycles. The first kappa shape index (κ1) is 39.7. The highest BCUT2D eigenvalue weighted by atomic mass is 79.9. The molecule has 55 heavy (non-hydrogen) atoms. The van der Waals surface area contributed by atoms with Crippen molar-refractivity contribution >= 4 is 78.2 Å². The highest BCUT2D eigenvalue weighted by Crippen LogP contribution is 2.17. The van der Waals surface area contributed by atoms with Gasteiger partial charge in [0.1, 0.15) is 5.60 Å². The van der Waals surface area contributed by atoms with E-state index in [1.807, 2.05) is 24.3 Å². The average Bonchev–Trinajstić information content (AvgIpc) is 3.89. The number of nitrogens with one attached hydrogen (secondary N) is 6. The van der Waals surface area contributed by atoms with Crippen molar-refractivity contribution in [1.29, 1.82) is 5.26 Å². The summed E-state index contributed by atoms with van der Waals surface area (Å²) in [4.78, 5) is 67.3. The van der Waals surface area contributed by atoms with Crippen molar-refractivity contribution in [2.45, 2.75) is 39.5 Å². The van der Waals surface area contributed by atoms with Crippen molar-refractivity contribution in [3.05, 3.63) is 136 Å². The zero-order valence-electron chi connectivity index (χ0n) is 29.1. The molecule has 0 bridgehead atoms. The number of aromatic amines is 4. The first-order chi connectivity index (χ1) is 26.2. The van der Waals surface area contributed by atoms with Gasteiger partial charge in [-0.25, -0.2) is 28.8 Å². The highest BCUT2D eigenvalue weighted by Gasteiger charge is 2.15. The lowest BCUT2D eigenvalue weighted by Gasteiger charge is -2.19. The standard InChI is InChI=1S/C13H16N2O4.C8H7ClN2O2.C8H4N2O2.C7H4BrNO2/c1-13(2,3)19-11(16)14-7-8-4-5-10-9(6-8)15-12(17)18-10;9-10-4-5-1-2-7-6(3-5)11-8(12)13-7;9-4-5-1-2-7-6(3-5)10-8(11)12-7;8-4-1-2-6-5(3-4)9-7(10)11-6/h4-6H,7H2,1-3H3,(H,14,16)(H,15,17);1-3,10H,4H2,(H,11,12);1-3H,(H,10,11);1-3H,(H,9,10). The van der Waals surface area contributed by atoms with E-state index in [1.165, 1.54) is 0 Å². The summed E-state index contributed by atoms with van der Waals surface area (Å²) in [7, 11) is 0. The number of rotatable bonds is 4. The molecule has 4 heterocycles. The summed E-state index contributed by atoms with van der Waals surface area (Å²) in [6.07, 6.45) is -0.478. The van der Waals surface area contributed by atoms with Crippen LogP contribution in [0.15, 0.2) is 114 Å². The van der Waals surface area contributed by atoms with Crippen LogP contribution in [0.5, 0.6) is 0 Å². The van der Waals surface area contributed by atoms with Gasteiger partial charge in [-0.15, -0.1) is 0 Å². The molecule has 0 aliphatic carbocycles. The summed E-state index contributed by atoms with van der Waals surface area (Å²) in [6.45, 7) is 6.27. The van der Waals surface area contributed by atoms with E-state index in [9.17, 15) is 24.0 Å². The molecule has 0 radical (unpaired) electrons. The van der Waals surface area contributed by atoms with Crippen LogP contribution in [-0.4, -0.2) is 31.6 Å². The molecular weight excluding hydrogens is 806 g/mol. The molecule has 19 heteroatoms. The molecule has 0 atom stereocenters. The summed E-state index contributed by atoms with van der Waals surface area (Å²) in [6, 6.07) is 22.7. The molecule has 0 saturated heterocycles. The molecule has 0 fully saturated rings. The number of benzene rings is 4. The zero-order valence-corrected chi connectivity index (χ0v) is 31.5. The molecule has 6 N–H and O–H groups in total. The van der Waals surface area contributed by atoms with Crippen LogP contribution in [0.2, 0.25) is 0 Å². The van der Waals surface area contributed by atoms with Crippen LogP contribution in [-0.2, 0) is 17.8 Å². The number of halogens is 2. The Labute approximate surface area is 321 Å². The Bertz CT molecular complexity index is 2860. The van der Waals surface area contributed by atoms with Gasteiger partial charge in [-0.05, 0) is 104 Å². The fraction of sp³-hybridized carbons (Fsp3) is 0.167. The molecule has 17 nitrogen and oxygen atoms in total. The van der Waals surface area contributed by atoms with Crippen molar-refractivity contribution in [3.8, 4) is 6.07 Å². The van der Waals surface area contributed by atoms with Crippen LogP contribution in [0, 0.1) is 11.3 Å². The smallest absolute Gasteiger partial charge is 0.417 e. The Hall–Kier alpha value is -6.55. The largest absolute Gasteiger partial charge is 0.444 e. The van der Waals surface area contributed by atoms with Crippen LogP contribution >= 0.6 is 27.7 Å². The number of carbonyl (C=O) groups is 1. The topological polar surface area (TPSA) is 258 Å². The van der Waals surface area contributed by atoms with Crippen LogP contribution in [0.4, 0.5) is 4.79 Å². The second-order valence-electron chi connectivity index (χ2n) is 12.3. The lowest BCUT2D eigenvalue weighted by Crippen LogP contribution is -2.32. The number of ether oxygens (including phenoxy) is 1. The van der Waals surface area contributed by atoms with Gasteiger partial charge in [0.05, 0.1) is 33.7 Å². The molecule has 4 aromatic carbocycles. The van der Waals surface area contributed by atoms with Gasteiger partial charge in [-0.2, -0.15) is 5.26 Å². The first-order valence-corrected chi connectivity index (χ1v) is 17.2. The number of hydrogen-bond donors (Lipinski definition) is 6. The van der Waals surface area contributed by atoms with E-state index < -0.39 is 34.7 Å². The summed E-state index contributed by atoms with van der Waals surface area (Å²) < 4.78 is 25.3. The number of H-pyrrole nitrogens is 4. The predicted molar refractivity (Wildman–Crippen MR) is 206 cm³/mol. The molecular formula is C36H31BrClN7O10. The number of carbonyl (C=O) groups excluding carboxylic acids is 1. The number of oxazole rings is 4. The third-order valence-corrected chi connectivity index (χ3v) is 7.63. The monoisotopic (exact) mass is 835 g/mol.